The van der Waals surface area contributed by atoms with Gasteiger partial charge in [0, 0.05) is 16.8 Å². The van der Waals surface area contributed by atoms with Crippen molar-refractivity contribution in [3.63, 3.8) is 0 Å². The first-order valence-electron chi connectivity index (χ1n) is 7.89. The maximum Gasteiger partial charge on any atom is 0.422 e. The van der Waals surface area contributed by atoms with E-state index >= 15 is 0 Å². The van der Waals surface area contributed by atoms with Crippen LogP contribution in [0.5, 0.6) is 11.5 Å². The summed E-state index contributed by atoms with van der Waals surface area (Å²) >= 11 is 6.09. The summed E-state index contributed by atoms with van der Waals surface area (Å²) < 4.78 is 46.8. The highest BCUT2D eigenvalue weighted by molar-refractivity contribution is 6.31. The maximum absolute atomic E-state index is 12.4. The number of benzene rings is 2. The smallest absolute Gasteiger partial charge is 0.422 e. The third-order valence-electron chi connectivity index (χ3n) is 3.53. The van der Waals surface area contributed by atoms with Gasteiger partial charge in [0.15, 0.2) is 18.1 Å². The zero-order valence-electron chi connectivity index (χ0n) is 14.6. The van der Waals surface area contributed by atoms with Crippen molar-refractivity contribution in [2.24, 2.45) is 0 Å². The Morgan fingerprint density at radius 1 is 1.19 bits per heavy atom. The second kappa shape index (κ2) is 8.85. The van der Waals surface area contributed by atoms with E-state index in [4.69, 9.17) is 21.1 Å². The molecular weight excluding hydrogens is 385 g/mol. The summed E-state index contributed by atoms with van der Waals surface area (Å²) in [7, 11) is 1.31. The van der Waals surface area contributed by atoms with Crippen molar-refractivity contribution in [1.29, 1.82) is 0 Å². The lowest BCUT2D eigenvalue weighted by Crippen LogP contribution is -2.31. The minimum Gasteiger partial charge on any atom is -0.493 e. The Bertz CT molecular complexity index is 800. The van der Waals surface area contributed by atoms with E-state index in [1.54, 1.807) is 31.2 Å². The number of halogens is 4. The van der Waals surface area contributed by atoms with Crippen LogP contribution in [0.3, 0.4) is 0 Å². The molecule has 2 aromatic carbocycles. The number of rotatable bonds is 6. The molecule has 0 aliphatic heterocycles. The molecule has 27 heavy (non-hydrogen) atoms. The van der Waals surface area contributed by atoms with Crippen LogP contribution in [-0.4, -0.2) is 25.9 Å². The first kappa shape index (κ1) is 20.7. The third kappa shape index (κ3) is 6.25. The molecule has 0 radical (unpaired) electrons. The van der Waals surface area contributed by atoms with Gasteiger partial charge in [0.1, 0.15) is 0 Å². The molecule has 1 unspecified atom stereocenters. The van der Waals surface area contributed by atoms with Gasteiger partial charge < -0.3 is 20.1 Å². The number of carbonyl (C=O) groups is 1. The summed E-state index contributed by atoms with van der Waals surface area (Å²) in [4.78, 5) is 12.2. The quantitative estimate of drug-likeness (QED) is 0.700. The van der Waals surface area contributed by atoms with Crippen molar-refractivity contribution >= 4 is 23.3 Å². The number of hydrogen-bond acceptors (Lipinski definition) is 3. The maximum atomic E-state index is 12.4. The highest BCUT2D eigenvalue weighted by atomic mass is 35.5. The highest BCUT2D eigenvalue weighted by Gasteiger charge is 2.29. The first-order valence-corrected chi connectivity index (χ1v) is 8.27. The number of carbonyl (C=O) groups excluding carboxylic acids is 1. The van der Waals surface area contributed by atoms with Gasteiger partial charge in [-0.3, -0.25) is 0 Å². The number of anilines is 1. The van der Waals surface area contributed by atoms with Crippen molar-refractivity contribution in [1.82, 2.24) is 5.32 Å². The number of alkyl halides is 3. The molecular formula is C18H18ClF3N2O3. The lowest BCUT2D eigenvalue weighted by molar-refractivity contribution is -0.153. The summed E-state index contributed by atoms with van der Waals surface area (Å²) in [5, 5.41) is 5.76. The molecule has 9 heteroatoms. The van der Waals surface area contributed by atoms with Crippen LogP contribution in [0, 0.1) is 0 Å². The average molecular weight is 403 g/mol. The van der Waals surface area contributed by atoms with Crippen LogP contribution in [-0.2, 0) is 0 Å². The summed E-state index contributed by atoms with van der Waals surface area (Å²) in [6, 6.07) is 10.3. The second-order valence-electron chi connectivity index (χ2n) is 5.61. The predicted octanol–water partition coefficient (Wildman–Crippen LogP) is 5.17. The molecule has 1 atom stereocenters. The molecule has 0 bridgehead atoms. The van der Waals surface area contributed by atoms with E-state index in [-0.39, 0.29) is 23.2 Å². The summed E-state index contributed by atoms with van der Waals surface area (Å²) in [5.74, 6) is -0.0126. The Morgan fingerprint density at radius 3 is 2.52 bits per heavy atom. The van der Waals surface area contributed by atoms with Crippen molar-refractivity contribution in [3.05, 3.63) is 53.1 Å². The van der Waals surface area contributed by atoms with Crippen LogP contribution in [0.15, 0.2) is 42.5 Å². The Kier molecular flexibility index (Phi) is 6.79. The summed E-state index contributed by atoms with van der Waals surface area (Å²) in [6.45, 7) is 0.287. The number of urea groups is 1. The van der Waals surface area contributed by atoms with E-state index in [1.165, 1.54) is 25.3 Å². The Balaban J connectivity index is 2.05. The lowest BCUT2D eigenvalue weighted by atomic mass is 10.1. The van der Waals surface area contributed by atoms with Gasteiger partial charge in [-0.15, -0.1) is 0 Å². The lowest BCUT2D eigenvalue weighted by Gasteiger charge is -2.17. The van der Waals surface area contributed by atoms with E-state index in [1.807, 2.05) is 0 Å². The van der Waals surface area contributed by atoms with Crippen molar-refractivity contribution in [2.75, 3.05) is 19.0 Å². The van der Waals surface area contributed by atoms with E-state index in [9.17, 15) is 18.0 Å². The van der Waals surface area contributed by atoms with Crippen LogP contribution >= 0.6 is 11.6 Å². The van der Waals surface area contributed by atoms with Gasteiger partial charge in [0.25, 0.3) is 0 Å². The fourth-order valence-corrected chi connectivity index (χ4v) is 2.59. The normalized spacial score (nSPS) is 12.2. The fraction of sp³-hybridized carbons (Fsp3) is 0.278. The second-order valence-corrected chi connectivity index (χ2v) is 6.02. The van der Waals surface area contributed by atoms with Gasteiger partial charge in [0.05, 0.1) is 13.2 Å². The number of nitrogens with one attached hydrogen (secondary N) is 2. The van der Waals surface area contributed by atoms with Gasteiger partial charge in [-0.05, 0) is 30.7 Å². The highest BCUT2D eigenvalue weighted by Crippen LogP contribution is 2.31. The SMILES string of the molecule is COc1ccc(NC(=O)NC(C)c2ccccc2Cl)cc1OCC(F)(F)F. The van der Waals surface area contributed by atoms with E-state index in [0.717, 1.165) is 5.56 Å². The number of hydrogen-bond donors (Lipinski definition) is 2. The standard InChI is InChI=1S/C18H18ClF3N2O3/c1-11(13-5-3-4-6-14(13)19)23-17(25)24-12-7-8-15(26-2)16(9-12)27-10-18(20,21)22/h3-9,11H,10H2,1-2H3,(H2,23,24,25). The minimum absolute atomic E-state index is 0.120. The number of ether oxygens (including phenoxy) is 2. The number of amides is 2. The molecule has 2 amide bonds. The molecule has 5 nitrogen and oxygen atoms in total. The van der Waals surface area contributed by atoms with Gasteiger partial charge in [-0.25, -0.2) is 4.79 Å². The van der Waals surface area contributed by atoms with Crippen LogP contribution in [0.1, 0.15) is 18.5 Å². The molecule has 0 fully saturated rings. The number of methoxy groups -OCH3 is 1. The largest absolute Gasteiger partial charge is 0.493 e. The van der Waals surface area contributed by atoms with Gasteiger partial charge in [-0.1, -0.05) is 29.8 Å². The third-order valence-corrected chi connectivity index (χ3v) is 3.88. The Labute approximate surface area is 159 Å². The monoisotopic (exact) mass is 402 g/mol. The summed E-state index contributed by atoms with van der Waals surface area (Å²) in [6.07, 6.45) is -4.49. The topological polar surface area (TPSA) is 59.6 Å². The van der Waals surface area contributed by atoms with Crippen LogP contribution in [0.4, 0.5) is 23.7 Å². The zero-order chi connectivity index (χ0) is 20.0. The average Bonchev–Trinajstić information content (AvgIpc) is 2.59. The molecule has 2 aromatic rings. The van der Waals surface area contributed by atoms with E-state index in [2.05, 4.69) is 10.6 Å². The molecule has 0 saturated heterocycles. The van der Waals surface area contributed by atoms with Gasteiger partial charge in [0.2, 0.25) is 0 Å². The molecule has 0 aliphatic rings. The minimum atomic E-state index is -4.49. The van der Waals surface area contributed by atoms with E-state index in [0.29, 0.717) is 5.02 Å². The molecule has 0 spiro atoms. The van der Waals surface area contributed by atoms with Crippen molar-refractivity contribution in [3.8, 4) is 11.5 Å². The van der Waals surface area contributed by atoms with Crippen LogP contribution in [0.25, 0.3) is 0 Å². The van der Waals surface area contributed by atoms with E-state index < -0.39 is 18.8 Å². The molecule has 0 aromatic heterocycles. The molecule has 0 heterocycles. The Morgan fingerprint density at radius 2 is 1.89 bits per heavy atom. The molecule has 2 rings (SSSR count). The molecule has 2 N–H and O–H groups in total. The molecule has 0 aliphatic carbocycles. The fourth-order valence-electron chi connectivity index (χ4n) is 2.29. The first-order chi connectivity index (χ1) is 12.7. The van der Waals surface area contributed by atoms with Crippen molar-refractivity contribution < 1.29 is 27.4 Å². The molecule has 146 valence electrons. The Hall–Kier alpha value is -2.61. The van der Waals surface area contributed by atoms with Gasteiger partial charge >= 0.3 is 12.2 Å². The zero-order valence-corrected chi connectivity index (χ0v) is 15.3. The predicted molar refractivity (Wildman–Crippen MR) is 96.6 cm³/mol. The molecule has 0 saturated carbocycles. The van der Waals surface area contributed by atoms with Crippen LogP contribution in [0.2, 0.25) is 5.02 Å². The summed E-state index contributed by atoms with van der Waals surface area (Å²) in [5.41, 5.74) is 0.982. The van der Waals surface area contributed by atoms with Crippen molar-refractivity contribution in [2.45, 2.75) is 19.1 Å². The van der Waals surface area contributed by atoms with Crippen LogP contribution < -0.4 is 20.1 Å². The van der Waals surface area contributed by atoms with Gasteiger partial charge in [-0.2, -0.15) is 13.2 Å².